The summed E-state index contributed by atoms with van der Waals surface area (Å²) in [5.74, 6) is 0.480. The standard InChI is InChI=1S/C11H16N6OS/c1-8-9(19-15-13-8)6-16(2)7-11(18)12-10-4-5-17(3)14-10/h4-5H,6-7H2,1-3H3,(H,12,14,18). The molecule has 0 atom stereocenters. The molecular formula is C11H16N6OS. The lowest BCUT2D eigenvalue weighted by molar-refractivity contribution is -0.117. The fourth-order valence-electron chi connectivity index (χ4n) is 1.61. The molecule has 2 heterocycles. The molecule has 0 fully saturated rings. The zero-order chi connectivity index (χ0) is 13.8. The molecular weight excluding hydrogens is 264 g/mol. The first-order chi connectivity index (χ1) is 9.04. The zero-order valence-electron chi connectivity index (χ0n) is 11.1. The van der Waals surface area contributed by atoms with E-state index in [1.807, 2.05) is 18.9 Å². The van der Waals surface area contributed by atoms with Gasteiger partial charge in [-0.25, -0.2) is 0 Å². The molecule has 2 aromatic rings. The fraction of sp³-hybridized carbons (Fsp3) is 0.455. The number of nitrogens with zero attached hydrogens (tertiary/aromatic N) is 5. The van der Waals surface area contributed by atoms with E-state index < -0.39 is 0 Å². The second-order valence-corrected chi connectivity index (χ2v) is 5.22. The van der Waals surface area contributed by atoms with E-state index in [4.69, 9.17) is 0 Å². The molecule has 2 rings (SSSR count). The fourth-order valence-corrected chi connectivity index (χ4v) is 2.32. The Hall–Kier alpha value is -1.80. The smallest absolute Gasteiger partial charge is 0.239 e. The van der Waals surface area contributed by atoms with Gasteiger partial charge in [0.05, 0.1) is 17.1 Å². The van der Waals surface area contributed by atoms with Gasteiger partial charge in [-0.1, -0.05) is 4.49 Å². The van der Waals surface area contributed by atoms with Gasteiger partial charge in [0.25, 0.3) is 0 Å². The maximum Gasteiger partial charge on any atom is 0.239 e. The summed E-state index contributed by atoms with van der Waals surface area (Å²) in [6, 6.07) is 1.76. The molecule has 0 saturated carbocycles. The van der Waals surface area contributed by atoms with Gasteiger partial charge in [0.15, 0.2) is 5.82 Å². The van der Waals surface area contributed by atoms with Crippen LogP contribution in [0.2, 0.25) is 0 Å². The average molecular weight is 280 g/mol. The molecule has 0 aliphatic heterocycles. The summed E-state index contributed by atoms with van der Waals surface area (Å²) in [4.78, 5) is 14.8. The summed E-state index contributed by atoms with van der Waals surface area (Å²) >= 11 is 1.36. The predicted octanol–water partition coefficient (Wildman–Crippen LogP) is 0.651. The van der Waals surface area contributed by atoms with Crippen LogP contribution in [0.3, 0.4) is 0 Å². The van der Waals surface area contributed by atoms with E-state index in [-0.39, 0.29) is 5.91 Å². The van der Waals surface area contributed by atoms with Crippen molar-refractivity contribution in [2.24, 2.45) is 7.05 Å². The first kappa shape index (κ1) is 13.6. The maximum atomic E-state index is 11.8. The molecule has 0 bridgehead atoms. The van der Waals surface area contributed by atoms with E-state index in [1.165, 1.54) is 11.5 Å². The lowest BCUT2D eigenvalue weighted by Gasteiger charge is -2.14. The molecule has 0 unspecified atom stereocenters. The lowest BCUT2D eigenvalue weighted by atomic mass is 10.3. The first-order valence-corrected chi connectivity index (χ1v) is 6.58. The maximum absolute atomic E-state index is 11.8. The molecule has 8 heteroatoms. The predicted molar refractivity (Wildman–Crippen MR) is 72.8 cm³/mol. The van der Waals surface area contributed by atoms with E-state index in [2.05, 4.69) is 20.0 Å². The van der Waals surface area contributed by atoms with Gasteiger partial charge in [0.1, 0.15) is 0 Å². The molecule has 0 spiro atoms. The van der Waals surface area contributed by atoms with Gasteiger partial charge >= 0.3 is 0 Å². The number of aryl methyl sites for hydroxylation is 2. The normalized spacial score (nSPS) is 10.9. The number of rotatable bonds is 5. The Morgan fingerprint density at radius 1 is 1.58 bits per heavy atom. The van der Waals surface area contributed by atoms with Crippen molar-refractivity contribution in [3.63, 3.8) is 0 Å². The largest absolute Gasteiger partial charge is 0.308 e. The van der Waals surface area contributed by atoms with Crippen molar-refractivity contribution >= 4 is 23.3 Å². The van der Waals surface area contributed by atoms with Gasteiger partial charge in [-0.05, 0) is 25.5 Å². The van der Waals surface area contributed by atoms with Crippen molar-refractivity contribution < 1.29 is 4.79 Å². The van der Waals surface area contributed by atoms with Crippen LogP contribution >= 0.6 is 11.5 Å². The third-order valence-electron chi connectivity index (χ3n) is 2.55. The van der Waals surface area contributed by atoms with Crippen molar-refractivity contribution in [3.05, 3.63) is 22.8 Å². The Morgan fingerprint density at radius 3 is 2.95 bits per heavy atom. The highest BCUT2D eigenvalue weighted by atomic mass is 32.1. The number of carbonyl (C=O) groups excluding carboxylic acids is 1. The van der Waals surface area contributed by atoms with Crippen molar-refractivity contribution in [1.29, 1.82) is 0 Å². The summed E-state index contributed by atoms with van der Waals surface area (Å²) < 4.78 is 5.52. The minimum Gasteiger partial charge on any atom is -0.308 e. The lowest BCUT2D eigenvalue weighted by Crippen LogP contribution is -2.29. The van der Waals surface area contributed by atoms with Crippen LogP contribution in [-0.2, 0) is 18.4 Å². The highest BCUT2D eigenvalue weighted by molar-refractivity contribution is 7.05. The molecule has 0 aliphatic rings. The van der Waals surface area contributed by atoms with Gasteiger partial charge in [-0.15, -0.1) is 5.10 Å². The SMILES string of the molecule is Cc1nnsc1CN(C)CC(=O)Nc1ccn(C)n1. The summed E-state index contributed by atoms with van der Waals surface area (Å²) in [6.07, 6.45) is 1.78. The highest BCUT2D eigenvalue weighted by Crippen LogP contribution is 2.11. The van der Waals surface area contributed by atoms with Crippen LogP contribution < -0.4 is 5.32 Å². The molecule has 102 valence electrons. The van der Waals surface area contributed by atoms with Crippen molar-refractivity contribution in [2.45, 2.75) is 13.5 Å². The topological polar surface area (TPSA) is 75.9 Å². The van der Waals surface area contributed by atoms with Crippen LogP contribution in [0.25, 0.3) is 0 Å². The Morgan fingerprint density at radius 2 is 2.37 bits per heavy atom. The third-order valence-corrected chi connectivity index (χ3v) is 3.36. The van der Waals surface area contributed by atoms with Crippen LogP contribution in [0.4, 0.5) is 5.82 Å². The molecule has 2 aromatic heterocycles. The highest BCUT2D eigenvalue weighted by Gasteiger charge is 2.11. The molecule has 1 amide bonds. The number of anilines is 1. The molecule has 0 aliphatic carbocycles. The van der Waals surface area contributed by atoms with Crippen LogP contribution in [0.15, 0.2) is 12.3 Å². The Balaban J connectivity index is 1.83. The summed E-state index contributed by atoms with van der Waals surface area (Å²) in [6.45, 7) is 2.88. The number of hydrogen-bond donors (Lipinski definition) is 1. The van der Waals surface area contributed by atoms with E-state index in [0.29, 0.717) is 18.9 Å². The Kier molecular flexibility index (Phi) is 4.23. The number of aromatic nitrogens is 4. The Bertz CT molecular complexity index is 563. The molecule has 0 aromatic carbocycles. The quantitative estimate of drug-likeness (QED) is 0.870. The van der Waals surface area contributed by atoms with Crippen molar-refractivity contribution in [2.75, 3.05) is 18.9 Å². The van der Waals surface area contributed by atoms with E-state index in [1.54, 1.807) is 24.0 Å². The minimum absolute atomic E-state index is 0.0867. The molecule has 19 heavy (non-hydrogen) atoms. The van der Waals surface area contributed by atoms with Crippen LogP contribution in [0, 0.1) is 6.92 Å². The van der Waals surface area contributed by atoms with Gasteiger partial charge in [-0.2, -0.15) is 5.10 Å². The monoisotopic (exact) mass is 280 g/mol. The molecule has 1 N–H and O–H groups in total. The van der Waals surface area contributed by atoms with Crippen molar-refractivity contribution in [1.82, 2.24) is 24.3 Å². The second kappa shape index (κ2) is 5.89. The molecule has 7 nitrogen and oxygen atoms in total. The van der Waals surface area contributed by atoms with Crippen LogP contribution in [0.1, 0.15) is 10.6 Å². The van der Waals surface area contributed by atoms with Crippen LogP contribution in [0.5, 0.6) is 0 Å². The van der Waals surface area contributed by atoms with E-state index in [0.717, 1.165) is 10.6 Å². The van der Waals surface area contributed by atoms with Gasteiger partial charge in [-0.3, -0.25) is 14.4 Å². The van der Waals surface area contributed by atoms with Gasteiger partial charge in [0, 0.05) is 25.9 Å². The summed E-state index contributed by atoms with van der Waals surface area (Å²) in [5.41, 5.74) is 0.919. The second-order valence-electron chi connectivity index (χ2n) is 4.38. The first-order valence-electron chi connectivity index (χ1n) is 5.80. The zero-order valence-corrected chi connectivity index (χ0v) is 11.9. The molecule has 0 saturated heterocycles. The van der Waals surface area contributed by atoms with Gasteiger partial charge < -0.3 is 5.32 Å². The summed E-state index contributed by atoms with van der Waals surface area (Å²) in [5, 5.41) is 10.8. The Labute approximate surface area is 115 Å². The number of nitrogens with one attached hydrogen (secondary N) is 1. The number of likely N-dealkylation sites (N-methyl/N-ethyl adjacent to an activating group) is 1. The number of carbonyl (C=O) groups is 1. The number of amides is 1. The van der Waals surface area contributed by atoms with Crippen LogP contribution in [-0.4, -0.2) is 43.8 Å². The van der Waals surface area contributed by atoms with Gasteiger partial charge in [0.2, 0.25) is 5.91 Å². The van der Waals surface area contributed by atoms with E-state index in [9.17, 15) is 4.79 Å². The molecule has 0 radical (unpaired) electrons. The summed E-state index contributed by atoms with van der Waals surface area (Å²) in [7, 11) is 3.69. The number of hydrogen-bond acceptors (Lipinski definition) is 6. The minimum atomic E-state index is -0.0867. The van der Waals surface area contributed by atoms with Crippen molar-refractivity contribution in [3.8, 4) is 0 Å². The average Bonchev–Trinajstić information content (AvgIpc) is 2.89. The third kappa shape index (κ3) is 3.83. The van der Waals surface area contributed by atoms with E-state index >= 15 is 0 Å².